The van der Waals surface area contributed by atoms with Crippen molar-refractivity contribution in [3.05, 3.63) is 64.9 Å². The zero-order valence-electron chi connectivity index (χ0n) is 13.2. The van der Waals surface area contributed by atoms with Gasteiger partial charge in [-0.2, -0.15) is 5.10 Å². The SMILES string of the molecule is CN(C)c1ccc(CNn2c(-c3ccccc3)n[nH]c2=S)cc1. The van der Waals surface area contributed by atoms with Crippen LogP contribution in [0.25, 0.3) is 11.4 Å². The zero-order chi connectivity index (χ0) is 16.2. The highest BCUT2D eigenvalue weighted by Crippen LogP contribution is 2.16. The molecule has 3 aromatic rings. The number of benzene rings is 2. The van der Waals surface area contributed by atoms with Gasteiger partial charge in [-0.25, -0.2) is 9.77 Å². The van der Waals surface area contributed by atoms with Crippen molar-refractivity contribution in [3.8, 4) is 11.4 Å². The Morgan fingerprint density at radius 2 is 1.78 bits per heavy atom. The van der Waals surface area contributed by atoms with Gasteiger partial charge in [0.05, 0.1) is 6.54 Å². The molecule has 0 saturated heterocycles. The number of rotatable bonds is 5. The maximum Gasteiger partial charge on any atom is 0.214 e. The zero-order valence-corrected chi connectivity index (χ0v) is 14.0. The summed E-state index contributed by atoms with van der Waals surface area (Å²) in [5.74, 6) is 0.778. The maximum absolute atomic E-state index is 5.32. The summed E-state index contributed by atoms with van der Waals surface area (Å²) < 4.78 is 2.36. The molecule has 5 nitrogen and oxygen atoms in total. The maximum atomic E-state index is 5.32. The summed E-state index contributed by atoms with van der Waals surface area (Å²) >= 11 is 5.32. The Morgan fingerprint density at radius 1 is 1.09 bits per heavy atom. The van der Waals surface area contributed by atoms with E-state index in [2.05, 4.69) is 44.8 Å². The van der Waals surface area contributed by atoms with Crippen molar-refractivity contribution >= 4 is 17.9 Å². The molecule has 23 heavy (non-hydrogen) atoms. The summed E-state index contributed by atoms with van der Waals surface area (Å²) in [5, 5.41) is 7.15. The molecule has 0 aliphatic heterocycles. The Bertz CT molecular complexity index is 818. The number of hydrogen-bond donors (Lipinski definition) is 2. The van der Waals surface area contributed by atoms with Crippen molar-refractivity contribution in [2.24, 2.45) is 0 Å². The van der Waals surface area contributed by atoms with Crippen molar-refractivity contribution < 1.29 is 0 Å². The summed E-state index contributed by atoms with van der Waals surface area (Å²) in [6.45, 7) is 0.668. The van der Waals surface area contributed by atoms with Crippen LogP contribution in [0, 0.1) is 4.77 Å². The molecule has 0 amide bonds. The summed E-state index contributed by atoms with van der Waals surface area (Å²) in [6.07, 6.45) is 0. The third-order valence-corrected chi connectivity index (χ3v) is 3.87. The summed E-state index contributed by atoms with van der Waals surface area (Å²) in [4.78, 5) is 2.08. The second-order valence-corrected chi connectivity index (χ2v) is 5.84. The second-order valence-electron chi connectivity index (χ2n) is 5.45. The Hall–Kier alpha value is -2.60. The van der Waals surface area contributed by atoms with Crippen LogP contribution in [-0.2, 0) is 6.54 Å². The number of aromatic nitrogens is 3. The predicted molar refractivity (Wildman–Crippen MR) is 96.7 cm³/mol. The molecule has 0 aliphatic rings. The van der Waals surface area contributed by atoms with Crippen molar-refractivity contribution in [2.45, 2.75) is 6.54 Å². The van der Waals surface area contributed by atoms with E-state index in [0.717, 1.165) is 11.4 Å². The first-order valence-corrected chi connectivity index (χ1v) is 7.79. The second kappa shape index (κ2) is 6.66. The molecule has 0 bridgehead atoms. The van der Waals surface area contributed by atoms with Crippen LogP contribution in [0.3, 0.4) is 0 Å². The van der Waals surface area contributed by atoms with Gasteiger partial charge in [-0.1, -0.05) is 42.5 Å². The fourth-order valence-electron chi connectivity index (χ4n) is 2.31. The number of hydrogen-bond acceptors (Lipinski definition) is 4. The Morgan fingerprint density at radius 3 is 2.43 bits per heavy atom. The van der Waals surface area contributed by atoms with Crippen molar-refractivity contribution in [1.29, 1.82) is 0 Å². The van der Waals surface area contributed by atoms with Gasteiger partial charge in [-0.05, 0) is 29.9 Å². The standard InChI is InChI=1S/C17H19N5S/c1-21(2)15-10-8-13(9-11-15)12-18-22-16(19-20-17(22)23)14-6-4-3-5-7-14/h3-11,18H,12H2,1-2H3,(H,20,23). The number of aromatic amines is 1. The average molecular weight is 325 g/mol. The molecule has 1 aromatic heterocycles. The lowest BCUT2D eigenvalue weighted by Crippen LogP contribution is -2.16. The molecule has 0 unspecified atom stereocenters. The molecule has 0 saturated carbocycles. The van der Waals surface area contributed by atoms with Crippen LogP contribution in [0.2, 0.25) is 0 Å². The minimum absolute atomic E-state index is 0.550. The highest BCUT2D eigenvalue weighted by atomic mass is 32.1. The third kappa shape index (κ3) is 3.43. The number of H-pyrrole nitrogens is 1. The van der Waals surface area contributed by atoms with Crippen LogP contribution < -0.4 is 10.3 Å². The minimum atomic E-state index is 0.550. The molecule has 0 aliphatic carbocycles. The lowest BCUT2D eigenvalue weighted by molar-refractivity contribution is 0.832. The first kappa shape index (κ1) is 15.3. The Labute approximate surface area is 140 Å². The molecular weight excluding hydrogens is 306 g/mol. The normalized spacial score (nSPS) is 10.5. The Kier molecular flexibility index (Phi) is 4.43. The first-order chi connectivity index (χ1) is 11.1. The third-order valence-electron chi connectivity index (χ3n) is 3.60. The quantitative estimate of drug-likeness (QED) is 0.706. The van der Waals surface area contributed by atoms with Crippen LogP contribution in [-0.4, -0.2) is 29.0 Å². The van der Waals surface area contributed by atoms with Crippen LogP contribution >= 0.6 is 12.2 Å². The van der Waals surface area contributed by atoms with Gasteiger partial charge in [0.25, 0.3) is 0 Å². The molecule has 0 radical (unpaired) electrons. The monoisotopic (exact) mass is 325 g/mol. The molecule has 3 rings (SSSR count). The van der Waals surface area contributed by atoms with E-state index < -0.39 is 0 Å². The fourth-order valence-corrected chi connectivity index (χ4v) is 2.50. The molecule has 6 heteroatoms. The van der Waals surface area contributed by atoms with Gasteiger partial charge in [0.1, 0.15) is 0 Å². The summed E-state index contributed by atoms with van der Waals surface area (Å²) in [7, 11) is 4.06. The van der Waals surface area contributed by atoms with Crippen molar-refractivity contribution in [3.63, 3.8) is 0 Å². The van der Waals surface area contributed by atoms with Crippen molar-refractivity contribution in [1.82, 2.24) is 14.9 Å². The van der Waals surface area contributed by atoms with Crippen LogP contribution in [0.15, 0.2) is 54.6 Å². The molecule has 0 fully saturated rings. The summed E-state index contributed by atoms with van der Waals surface area (Å²) in [5.41, 5.74) is 6.70. The van der Waals surface area contributed by atoms with Gasteiger partial charge in [0, 0.05) is 25.3 Å². The van der Waals surface area contributed by atoms with E-state index in [9.17, 15) is 0 Å². The van der Waals surface area contributed by atoms with E-state index in [-0.39, 0.29) is 0 Å². The number of nitrogens with zero attached hydrogens (tertiary/aromatic N) is 3. The number of nitrogens with one attached hydrogen (secondary N) is 2. The fraction of sp³-hybridized carbons (Fsp3) is 0.176. The van der Waals surface area contributed by atoms with E-state index in [1.165, 1.54) is 11.3 Å². The molecule has 118 valence electrons. The highest BCUT2D eigenvalue weighted by molar-refractivity contribution is 7.71. The minimum Gasteiger partial charge on any atom is -0.378 e. The molecule has 0 atom stereocenters. The molecular formula is C17H19N5S. The van der Waals surface area contributed by atoms with E-state index in [1.54, 1.807) is 0 Å². The van der Waals surface area contributed by atoms with E-state index >= 15 is 0 Å². The van der Waals surface area contributed by atoms with Gasteiger partial charge in [0.15, 0.2) is 5.82 Å². The van der Waals surface area contributed by atoms with Crippen LogP contribution in [0.4, 0.5) is 5.69 Å². The predicted octanol–water partition coefficient (Wildman–Crippen LogP) is 3.42. The number of anilines is 1. The Balaban J connectivity index is 1.79. The molecule has 1 heterocycles. The van der Waals surface area contributed by atoms with E-state index in [0.29, 0.717) is 11.3 Å². The molecule has 0 spiro atoms. The van der Waals surface area contributed by atoms with E-state index in [4.69, 9.17) is 12.2 Å². The summed E-state index contributed by atoms with van der Waals surface area (Å²) in [6, 6.07) is 18.4. The van der Waals surface area contributed by atoms with Gasteiger partial charge in [-0.15, -0.1) is 0 Å². The largest absolute Gasteiger partial charge is 0.378 e. The highest BCUT2D eigenvalue weighted by Gasteiger charge is 2.08. The smallest absolute Gasteiger partial charge is 0.214 e. The topological polar surface area (TPSA) is 48.9 Å². The average Bonchev–Trinajstić information content (AvgIpc) is 2.95. The van der Waals surface area contributed by atoms with Gasteiger partial charge in [-0.3, -0.25) is 0 Å². The van der Waals surface area contributed by atoms with Gasteiger partial charge >= 0.3 is 0 Å². The lowest BCUT2D eigenvalue weighted by atomic mass is 10.2. The van der Waals surface area contributed by atoms with E-state index in [1.807, 2.05) is 49.1 Å². The van der Waals surface area contributed by atoms with Gasteiger partial charge in [0.2, 0.25) is 4.77 Å². The van der Waals surface area contributed by atoms with Gasteiger partial charge < -0.3 is 10.3 Å². The van der Waals surface area contributed by atoms with Crippen molar-refractivity contribution in [2.75, 3.05) is 24.4 Å². The van der Waals surface area contributed by atoms with Crippen LogP contribution in [0.5, 0.6) is 0 Å². The molecule has 2 N–H and O–H groups in total. The molecule has 2 aromatic carbocycles. The van der Waals surface area contributed by atoms with Crippen LogP contribution in [0.1, 0.15) is 5.56 Å². The first-order valence-electron chi connectivity index (χ1n) is 7.38. The lowest BCUT2D eigenvalue weighted by Gasteiger charge is -2.14.